The molecule has 15 heavy (non-hydrogen) atoms. The van der Waals surface area contributed by atoms with Crippen LogP contribution >= 0.6 is 22.9 Å². The van der Waals surface area contributed by atoms with Crippen molar-refractivity contribution >= 4 is 22.9 Å². The third-order valence-electron chi connectivity index (χ3n) is 3.19. The van der Waals surface area contributed by atoms with Crippen molar-refractivity contribution in [1.29, 1.82) is 0 Å². The molecule has 0 spiro atoms. The molecule has 0 N–H and O–H groups in total. The van der Waals surface area contributed by atoms with Crippen LogP contribution < -0.4 is 4.74 Å². The van der Waals surface area contributed by atoms with Gasteiger partial charge in [0.25, 0.3) is 5.19 Å². The summed E-state index contributed by atoms with van der Waals surface area (Å²) >= 11 is 7.78. The van der Waals surface area contributed by atoms with Crippen LogP contribution in [0.25, 0.3) is 0 Å². The first kappa shape index (κ1) is 11.2. The molecule has 1 aromatic rings. The minimum absolute atomic E-state index is 0.318. The summed E-state index contributed by atoms with van der Waals surface area (Å²) in [5.74, 6) is 1.20. The standard InChI is InChI=1S/C11H16ClNOS/c1-7-3-4-8(12)5-9(7)10-6-15-11(13-10)14-2/h6-9H,3-5H2,1-2H3. The fraction of sp³-hybridized carbons (Fsp3) is 0.727. The number of alkyl halides is 1. The van der Waals surface area contributed by atoms with Gasteiger partial charge < -0.3 is 4.74 Å². The van der Waals surface area contributed by atoms with Crippen LogP contribution in [0.2, 0.25) is 0 Å². The maximum Gasteiger partial charge on any atom is 0.273 e. The van der Waals surface area contributed by atoms with Gasteiger partial charge in [-0.25, -0.2) is 4.98 Å². The number of rotatable bonds is 2. The first-order valence-corrected chi connectivity index (χ1v) is 6.65. The first-order valence-electron chi connectivity index (χ1n) is 5.34. The molecular formula is C11H16ClNOS. The summed E-state index contributed by atoms with van der Waals surface area (Å²) in [6.07, 6.45) is 3.40. The van der Waals surface area contributed by atoms with E-state index < -0.39 is 0 Å². The molecule has 0 amide bonds. The number of hydrogen-bond acceptors (Lipinski definition) is 3. The normalized spacial score (nSPS) is 31.5. The molecule has 1 heterocycles. The van der Waals surface area contributed by atoms with Crippen molar-refractivity contribution in [2.24, 2.45) is 5.92 Å². The van der Waals surface area contributed by atoms with E-state index in [1.54, 1.807) is 18.4 Å². The van der Waals surface area contributed by atoms with E-state index >= 15 is 0 Å². The van der Waals surface area contributed by atoms with Crippen LogP contribution in [0, 0.1) is 5.92 Å². The van der Waals surface area contributed by atoms with Crippen LogP contribution in [-0.2, 0) is 0 Å². The number of methoxy groups -OCH3 is 1. The number of ether oxygens (including phenoxy) is 1. The van der Waals surface area contributed by atoms with E-state index in [-0.39, 0.29) is 0 Å². The van der Waals surface area contributed by atoms with Crippen LogP contribution in [0.1, 0.15) is 37.8 Å². The van der Waals surface area contributed by atoms with Crippen LogP contribution in [0.3, 0.4) is 0 Å². The maximum atomic E-state index is 6.21. The van der Waals surface area contributed by atoms with Gasteiger partial charge in [0.2, 0.25) is 0 Å². The average Bonchev–Trinajstić information content (AvgIpc) is 2.70. The van der Waals surface area contributed by atoms with E-state index in [0.717, 1.165) is 23.7 Å². The fourth-order valence-electron chi connectivity index (χ4n) is 2.22. The second-order valence-electron chi connectivity index (χ2n) is 4.24. The highest BCUT2D eigenvalue weighted by molar-refractivity contribution is 7.11. The molecular weight excluding hydrogens is 230 g/mol. The lowest BCUT2D eigenvalue weighted by Crippen LogP contribution is -2.21. The van der Waals surface area contributed by atoms with Crippen molar-refractivity contribution in [3.63, 3.8) is 0 Å². The highest BCUT2D eigenvalue weighted by Crippen LogP contribution is 2.40. The number of nitrogens with zero attached hydrogens (tertiary/aromatic N) is 1. The zero-order valence-corrected chi connectivity index (χ0v) is 10.6. The van der Waals surface area contributed by atoms with Crippen molar-refractivity contribution in [2.45, 2.75) is 37.5 Å². The predicted octanol–water partition coefficient (Wildman–Crippen LogP) is 3.66. The Hall–Kier alpha value is -0.280. The third-order valence-corrected chi connectivity index (χ3v) is 4.40. The van der Waals surface area contributed by atoms with Gasteiger partial charge in [-0.2, -0.15) is 0 Å². The Labute approximate surface area is 99.6 Å². The van der Waals surface area contributed by atoms with E-state index in [1.807, 2.05) is 0 Å². The summed E-state index contributed by atoms with van der Waals surface area (Å²) in [5, 5.41) is 3.18. The Morgan fingerprint density at radius 2 is 2.33 bits per heavy atom. The van der Waals surface area contributed by atoms with Gasteiger partial charge in [0.1, 0.15) is 0 Å². The number of halogens is 1. The van der Waals surface area contributed by atoms with Crippen LogP contribution in [0.5, 0.6) is 5.19 Å². The molecule has 0 radical (unpaired) electrons. The summed E-state index contributed by atoms with van der Waals surface area (Å²) < 4.78 is 5.12. The van der Waals surface area contributed by atoms with Crippen molar-refractivity contribution in [3.05, 3.63) is 11.1 Å². The second-order valence-corrected chi connectivity index (χ2v) is 5.67. The average molecular weight is 246 g/mol. The van der Waals surface area contributed by atoms with Gasteiger partial charge in [0, 0.05) is 16.7 Å². The molecule has 1 fully saturated rings. The lowest BCUT2D eigenvalue weighted by molar-refractivity contribution is 0.327. The van der Waals surface area contributed by atoms with Gasteiger partial charge in [-0.05, 0) is 25.2 Å². The molecule has 1 aliphatic rings. The van der Waals surface area contributed by atoms with Crippen LogP contribution in [-0.4, -0.2) is 17.5 Å². The minimum Gasteiger partial charge on any atom is -0.473 e. The van der Waals surface area contributed by atoms with Crippen molar-refractivity contribution < 1.29 is 4.74 Å². The summed E-state index contributed by atoms with van der Waals surface area (Å²) in [5.41, 5.74) is 1.16. The van der Waals surface area contributed by atoms with Crippen molar-refractivity contribution in [3.8, 4) is 5.19 Å². The molecule has 3 unspecified atom stereocenters. The summed E-state index contributed by atoms with van der Waals surface area (Å²) in [4.78, 5) is 4.47. The van der Waals surface area contributed by atoms with E-state index in [0.29, 0.717) is 17.2 Å². The zero-order chi connectivity index (χ0) is 10.8. The highest BCUT2D eigenvalue weighted by atomic mass is 35.5. The summed E-state index contributed by atoms with van der Waals surface area (Å²) in [7, 11) is 1.66. The highest BCUT2D eigenvalue weighted by Gasteiger charge is 2.29. The van der Waals surface area contributed by atoms with Crippen molar-refractivity contribution in [2.75, 3.05) is 7.11 Å². The third kappa shape index (κ3) is 2.45. The first-order chi connectivity index (χ1) is 7.20. The largest absolute Gasteiger partial charge is 0.473 e. The van der Waals surface area contributed by atoms with Gasteiger partial charge in [-0.15, -0.1) is 11.6 Å². The fourth-order valence-corrected chi connectivity index (χ4v) is 3.24. The monoisotopic (exact) mass is 245 g/mol. The Bertz CT molecular complexity index is 328. The maximum absolute atomic E-state index is 6.21. The molecule has 0 aliphatic heterocycles. The minimum atomic E-state index is 0.318. The Balaban J connectivity index is 2.13. The number of hydrogen-bond donors (Lipinski definition) is 0. The van der Waals surface area contributed by atoms with Gasteiger partial charge in [-0.1, -0.05) is 18.3 Å². The molecule has 3 atom stereocenters. The van der Waals surface area contributed by atoms with E-state index in [9.17, 15) is 0 Å². The number of aromatic nitrogens is 1. The Kier molecular flexibility index (Phi) is 3.52. The van der Waals surface area contributed by atoms with Gasteiger partial charge >= 0.3 is 0 Å². The smallest absolute Gasteiger partial charge is 0.273 e. The predicted molar refractivity (Wildman–Crippen MR) is 64.1 cm³/mol. The second kappa shape index (κ2) is 4.71. The Morgan fingerprint density at radius 1 is 1.53 bits per heavy atom. The molecule has 2 nitrogen and oxygen atoms in total. The van der Waals surface area contributed by atoms with Crippen molar-refractivity contribution in [1.82, 2.24) is 4.98 Å². The van der Waals surface area contributed by atoms with Gasteiger partial charge in [0.05, 0.1) is 12.8 Å². The molecule has 84 valence electrons. The van der Waals surface area contributed by atoms with Crippen LogP contribution in [0.15, 0.2) is 5.38 Å². The van der Waals surface area contributed by atoms with E-state index in [1.165, 1.54) is 6.42 Å². The topological polar surface area (TPSA) is 22.1 Å². The molecule has 4 heteroatoms. The summed E-state index contributed by atoms with van der Waals surface area (Å²) in [6, 6.07) is 0. The lowest BCUT2D eigenvalue weighted by atomic mass is 9.79. The zero-order valence-electron chi connectivity index (χ0n) is 9.07. The van der Waals surface area contributed by atoms with Crippen LogP contribution in [0.4, 0.5) is 0 Å². The van der Waals surface area contributed by atoms with E-state index in [4.69, 9.17) is 16.3 Å². The summed E-state index contributed by atoms with van der Waals surface area (Å²) in [6.45, 7) is 2.29. The Morgan fingerprint density at radius 3 is 3.00 bits per heavy atom. The molecule has 1 saturated carbocycles. The number of thiazole rings is 1. The molecule has 1 aliphatic carbocycles. The lowest BCUT2D eigenvalue weighted by Gasteiger charge is -2.30. The molecule has 0 saturated heterocycles. The quantitative estimate of drug-likeness (QED) is 0.742. The van der Waals surface area contributed by atoms with Gasteiger partial charge in [-0.3, -0.25) is 0 Å². The molecule has 0 bridgehead atoms. The molecule has 1 aromatic heterocycles. The SMILES string of the molecule is COc1nc(C2CC(Cl)CCC2C)cs1. The molecule has 2 rings (SSSR count). The van der Waals surface area contributed by atoms with Gasteiger partial charge in [0.15, 0.2) is 0 Å². The van der Waals surface area contributed by atoms with E-state index in [2.05, 4.69) is 17.3 Å². The molecule has 0 aromatic carbocycles.